The van der Waals surface area contributed by atoms with Crippen LogP contribution in [-0.2, 0) is 5.60 Å². The van der Waals surface area contributed by atoms with Crippen molar-refractivity contribution in [2.24, 2.45) is 5.92 Å². The summed E-state index contributed by atoms with van der Waals surface area (Å²) in [5.74, 6) is 0.745. The van der Waals surface area contributed by atoms with E-state index in [-0.39, 0.29) is 0 Å². The molecule has 4 heteroatoms. The van der Waals surface area contributed by atoms with E-state index in [0.717, 1.165) is 29.3 Å². The van der Waals surface area contributed by atoms with Gasteiger partial charge in [-0.05, 0) is 61.8 Å². The van der Waals surface area contributed by atoms with Gasteiger partial charge in [0.05, 0.1) is 0 Å². The maximum absolute atomic E-state index is 11.0. The maximum Gasteiger partial charge on any atom is 0.112 e. The number of aliphatic hydroxyl groups is 1. The highest BCUT2D eigenvalue weighted by Gasteiger charge is 2.25. The highest BCUT2D eigenvalue weighted by molar-refractivity contribution is 7.98. The Balaban J connectivity index is 1.48. The molecule has 0 bridgehead atoms. The first-order valence-corrected chi connectivity index (χ1v) is 11.4. The molecule has 1 unspecified atom stereocenters. The molecule has 1 fully saturated rings. The molecule has 2 aromatic carbocycles. The smallest absolute Gasteiger partial charge is 0.112 e. The van der Waals surface area contributed by atoms with Gasteiger partial charge in [0.25, 0.3) is 0 Å². The highest BCUT2D eigenvalue weighted by atomic mass is 32.2. The Bertz CT molecular complexity index is 707. The maximum atomic E-state index is 11.0. The van der Waals surface area contributed by atoms with Gasteiger partial charge in [-0.3, -0.25) is 4.72 Å². The molecule has 0 spiro atoms. The van der Waals surface area contributed by atoms with Gasteiger partial charge in [0, 0.05) is 23.5 Å². The van der Waals surface area contributed by atoms with E-state index in [4.69, 9.17) is 0 Å². The third-order valence-electron chi connectivity index (χ3n) is 5.69. The quantitative estimate of drug-likeness (QED) is 0.509. The van der Waals surface area contributed by atoms with E-state index in [9.17, 15) is 5.11 Å². The van der Waals surface area contributed by atoms with Crippen molar-refractivity contribution in [2.45, 2.75) is 63.3 Å². The lowest BCUT2D eigenvalue weighted by Crippen LogP contribution is -2.31. The summed E-state index contributed by atoms with van der Waals surface area (Å²) in [7, 11) is 0. The van der Waals surface area contributed by atoms with Crippen molar-refractivity contribution in [3.8, 4) is 0 Å². The van der Waals surface area contributed by atoms with Crippen LogP contribution in [0, 0.1) is 5.92 Å². The minimum atomic E-state index is -0.973. The zero-order chi connectivity index (χ0) is 20.0. The van der Waals surface area contributed by atoms with Crippen LogP contribution in [-0.4, -0.2) is 22.9 Å². The number of anilines is 1. The summed E-state index contributed by atoms with van der Waals surface area (Å²) in [5.41, 5.74) is 1.98. The molecule has 1 saturated carbocycles. The second kappa shape index (κ2) is 9.82. The molecule has 0 aliphatic heterocycles. The van der Waals surface area contributed by atoms with E-state index in [1.54, 1.807) is 0 Å². The molecule has 1 atom stereocenters. The van der Waals surface area contributed by atoms with Crippen LogP contribution in [0.4, 0.5) is 5.69 Å². The van der Waals surface area contributed by atoms with Crippen molar-refractivity contribution in [3.63, 3.8) is 0 Å². The summed E-state index contributed by atoms with van der Waals surface area (Å²) in [4.78, 5) is 0. The molecule has 28 heavy (non-hydrogen) atoms. The second-order valence-electron chi connectivity index (χ2n) is 8.40. The summed E-state index contributed by atoms with van der Waals surface area (Å²) in [6.07, 6.45) is 5.10. The van der Waals surface area contributed by atoms with Gasteiger partial charge in [-0.2, -0.15) is 0 Å². The number of rotatable bonds is 8. The Hall–Kier alpha value is -1.49. The van der Waals surface area contributed by atoms with Crippen LogP contribution in [0.1, 0.15) is 57.6 Å². The molecule has 0 amide bonds. The largest absolute Gasteiger partial charge is 0.385 e. The number of hydrogen-bond donors (Lipinski definition) is 3. The summed E-state index contributed by atoms with van der Waals surface area (Å²) >= 11 is 1.86. The molecule has 0 aromatic heterocycles. The topological polar surface area (TPSA) is 44.3 Å². The molecular formula is C24H34N2OS. The first kappa shape index (κ1) is 21.2. The lowest BCUT2D eigenvalue weighted by molar-refractivity contribution is 0.102. The van der Waals surface area contributed by atoms with Crippen LogP contribution in [0.5, 0.6) is 0 Å². The van der Waals surface area contributed by atoms with Crippen molar-refractivity contribution >= 4 is 17.6 Å². The van der Waals surface area contributed by atoms with Gasteiger partial charge < -0.3 is 10.4 Å². The van der Waals surface area contributed by atoms with Crippen LogP contribution in [0.2, 0.25) is 0 Å². The van der Waals surface area contributed by atoms with Crippen LogP contribution in [0.15, 0.2) is 54.6 Å². The van der Waals surface area contributed by atoms with Crippen molar-refractivity contribution in [2.75, 3.05) is 11.9 Å². The number of hydrogen-bond acceptors (Lipinski definition) is 4. The molecular weight excluding hydrogens is 364 g/mol. The van der Waals surface area contributed by atoms with Crippen LogP contribution in [0.25, 0.3) is 0 Å². The lowest BCUT2D eigenvalue weighted by Gasteiger charge is -2.29. The minimum Gasteiger partial charge on any atom is -0.385 e. The van der Waals surface area contributed by atoms with Crippen LogP contribution >= 0.6 is 11.9 Å². The van der Waals surface area contributed by atoms with Gasteiger partial charge in [0.1, 0.15) is 5.60 Å². The molecule has 3 nitrogen and oxygen atoms in total. The number of nitrogens with one attached hydrogen (secondary N) is 2. The average molecular weight is 399 g/mol. The summed E-state index contributed by atoms with van der Waals surface area (Å²) in [6, 6.07) is 18.7. The Labute approximate surface area is 174 Å². The predicted octanol–water partition coefficient (Wildman–Crippen LogP) is 5.56. The Morgan fingerprint density at radius 2 is 1.57 bits per heavy atom. The molecule has 0 saturated heterocycles. The predicted molar refractivity (Wildman–Crippen MR) is 122 cm³/mol. The SMILES string of the molecule is CC(C)SNC1CCC(CNc2ccc(C(C)(O)c3ccccc3)cc2)CC1. The van der Waals surface area contributed by atoms with Gasteiger partial charge in [-0.1, -0.05) is 68.3 Å². The molecule has 3 N–H and O–H groups in total. The fourth-order valence-corrected chi connectivity index (χ4v) is 4.52. The van der Waals surface area contributed by atoms with E-state index >= 15 is 0 Å². The molecule has 3 rings (SSSR count). The fraction of sp³-hybridized carbons (Fsp3) is 0.500. The van der Waals surface area contributed by atoms with Gasteiger partial charge in [0.2, 0.25) is 0 Å². The van der Waals surface area contributed by atoms with E-state index in [0.29, 0.717) is 11.3 Å². The van der Waals surface area contributed by atoms with E-state index in [2.05, 4.69) is 36.0 Å². The van der Waals surface area contributed by atoms with Gasteiger partial charge in [-0.25, -0.2) is 0 Å². The number of benzene rings is 2. The molecule has 2 aromatic rings. The van der Waals surface area contributed by atoms with Gasteiger partial charge in [0.15, 0.2) is 0 Å². The third-order valence-corrected chi connectivity index (χ3v) is 6.64. The zero-order valence-electron chi connectivity index (χ0n) is 17.3. The van der Waals surface area contributed by atoms with E-state index in [1.165, 1.54) is 25.7 Å². The summed E-state index contributed by atoms with van der Waals surface area (Å²) in [5, 5.41) is 15.2. The molecule has 152 valence electrons. The Morgan fingerprint density at radius 1 is 0.964 bits per heavy atom. The molecule has 1 aliphatic carbocycles. The summed E-state index contributed by atoms with van der Waals surface area (Å²) < 4.78 is 3.62. The minimum absolute atomic E-state index is 0.644. The zero-order valence-corrected chi connectivity index (χ0v) is 18.1. The first-order valence-electron chi connectivity index (χ1n) is 10.5. The standard InChI is InChI=1S/C24H34N2OS/c1-18(2)28-26-23-13-9-19(10-14-23)17-25-22-15-11-21(12-16-22)24(3,27)20-7-5-4-6-8-20/h4-8,11-12,15-16,18-19,23,25-27H,9-10,13-14,17H2,1-3H3. The third kappa shape index (κ3) is 5.76. The van der Waals surface area contributed by atoms with Crippen molar-refractivity contribution < 1.29 is 5.11 Å². The molecule has 1 aliphatic rings. The van der Waals surface area contributed by atoms with E-state index < -0.39 is 5.60 Å². The second-order valence-corrected chi connectivity index (χ2v) is 9.81. The fourth-order valence-electron chi connectivity index (χ4n) is 3.82. The van der Waals surface area contributed by atoms with E-state index in [1.807, 2.05) is 61.3 Å². The van der Waals surface area contributed by atoms with Crippen molar-refractivity contribution in [1.82, 2.24) is 4.72 Å². The summed E-state index contributed by atoms with van der Waals surface area (Å²) in [6.45, 7) is 7.35. The van der Waals surface area contributed by atoms with Gasteiger partial charge in [-0.15, -0.1) is 0 Å². The Morgan fingerprint density at radius 3 is 2.18 bits per heavy atom. The molecule has 0 radical (unpaired) electrons. The van der Waals surface area contributed by atoms with Crippen LogP contribution in [0.3, 0.4) is 0 Å². The average Bonchev–Trinajstić information content (AvgIpc) is 2.72. The van der Waals surface area contributed by atoms with Gasteiger partial charge >= 0.3 is 0 Å². The lowest BCUT2D eigenvalue weighted by atomic mass is 9.86. The highest BCUT2D eigenvalue weighted by Crippen LogP contribution is 2.30. The van der Waals surface area contributed by atoms with Crippen molar-refractivity contribution in [1.29, 1.82) is 0 Å². The normalized spacial score (nSPS) is 22.0. The molecule has 0 heterocycles. The van der Waals surface area contributed by atoms with Crippen LogP contribution < -0.4 is 10.0 Å². The Kier molecular flexibility index (Phi) is 7.44. The monoisotopic (exact) mass is 398 g/mol. The van der Waals surface area contributed by atoms with Crippen molar-refractivity contribution in [3.05, 3.63) is 65.7 Å². The first-order chi connectivity index (χ1) is 13.4.